The van der Waals surface area contributed by atoms with Gasteiger partial charge in [-0.15, -0.1) is 0 Å². The van der Waals surface area contributed by atoms with Crippen molar-refractivity contribution in [3.63, 3.8) is 0 Å². The van der Waals surface area contributed by atoms with Gasteiger partial charge in [0.25, 0.3) is 0 Å². The molecule has 0 radical (unpaired) electrons. The molecule has 2 N–H and O–H groups in total. The second kappa shape index (κ2) is 9.30. The Morgan fingerprint density at radius 3 is 2.42 bits per heavy atom. The quantitative estimate of drug-likeness (QED) is 0.319. The van der Waals surface area contributed by atoms with Crippen molar-refractivity contribution in [3.05, 3.63) is 79.0 Å². The summed E-state index contributed by atoms with van der Waals surface area (Å²) in [7, 11) is -3.64. The summed E-state index contributed by atoms with van der Waals surface area (Å²) >= 11 is 0. The molecule has 0 saturated heterocycles. The van der Waals surface area contributed by atoms with E-state index in [0.717, 1.165) is 29.6 Å². The lowest BCUT2D eigenvalue weighted by atomic mass is 10.0. The van der Waals surface area contributed by atoms with Crippen LogP contribution in [0.2, 0.25) is 0 Å². The molecule has 5 aromatic rings. The lowest BCUT2D eigenvalue weighted by Crippen LogP contribution is -2.26. The number of aromatic nitrogens is 5. The third-order valence-electron chi connectivity index (χ3n) is 5.66. The number of sulfonamides is 1. The summed E-state index contributed by atoms with van der Waals surface area (Å²) in [6.07, 6.45) is 8.89. The first-order valence-electron chi connectivity index (χ1n) is 11.5. The van der Waals surface area contributed by atoms with Crippen molar-refractivity contribution in [3.8, 4) is 33.5 Å². The van der Waals surface area contributed by atoms with Crippen LogP contribution in [0.15, 0.2) is 67.4 Å². The Morgan fingerprint density at radius 2 is 1.71 bits per heavy atom. The smallest absolute Gasteiger partial charge is 0.229 e. The van der Waals surface area contributed by atoms with Gasteiger partial charge in [0, 0.05) is 46.4 Å². The van der Waals surface area contributed by atoms with Crippen LogP contribution in [0.3, 0.4) is 0 Å². The Labute approximate surface area is 217 Å². The topological polar surface area (TPSA) is 114 Å². The molecule has 0 spiro atoms. The largest absolute Gasteiger partial charge is 0.389 e. The van der Waals surface area contributed by atoms with Gasteiger partial charge in [0.15, 0.2) is 5.82 Å². The standard InChI is InChI=1S/C26H24F2N6O3S/c1-26(2,35)15-33-13-19(10-30-33)16-4-5-24-22(12-31-34(24)14-16)17-6-18(8-21(7-17)32-38(3,36)37)25-23(28)9-20(27)11-29-25/h4-14,32,35H,15H2,1-3H3. The van der Waals surface area contributed by atoms with E-state index >= 15 is 0 Å². The van der Waals surface area contributed by atoms with Crippen LogP contribution < -0.4 is 4.72 Å². The molecule has 38 heavy (non-hydrogen) atoms. The molecule has 1 aromatic carbocycles. The van der Waals surface area contributed by atoms with Crippen molar-refractivity contribution in [1.29, 1.82) is 0 Å². The highest BCUT2D eigenvalue weighted by molar-refractivity contribution is 7.92. The summed E-state index contributed by atoms with van der Waals surface area (Å²) < 4.78 is 57.6. The van der Waals surface area contributed by atoms with Gasteiger partial charge < -0.3 is 5.11 Å². The Kier molecular flexibility index (Phi) is 6.24. The van der Waals surface area contributed by atoms with E-state index < -0.39 is 27.3 Å². The molecule has 196 valence electrons. The second-order valence-electron chi connectivity index (χ2n) is 9.70. The summed E-state index contributed by atoms with van der Waals surface area (Å²) in [6.45, 7) is 3.75. The number of nitrogens with one attached hydrogen (secondary N) is 1. The van der Waals surface area contributed by atoms with E-state index in [2.05, 4.69) is 19.9 Å². The van der Waals surface area contributed by atoms with Crippen molar-refractivity contribution in [2.24, 2.45) is 0 Å². The summed E-state index contributed by atoms with van der Waals surface area (Å²) in [6, 6.07) is 9.16. The highest BCUT2D eigenvalue weighted by Gasteiger charge is 2.17. The van der Waals surface area contributed by atoms with Gasteiger partial charge in [-0.25, -0.2) is 21.7 Å². The number of hydrogen-bond acceptors (Lipinski definition) is 6. The zero-order chi connectivity index (χ0) is 27.2. The predicted molar refractivity (Wildman–Crippen MR) is 140 cm³/mol. The Morgan fingerprint density at radius 1 is 0.947 bits per heavy atom. The molecule has 0 fully saturated rings. The molecule has 0 saturated carbocycles. The molecule has 0 unspecified atom stereocenters. The number of fused-ring (bicyclic) bond motifs is 1. The van der Waals surface area contributed by atoms with Crippen LogP contribution in [0, 0.1) is 11.6 Å². The molecule has 0 aliphatic heterocycles. The molecule has 0 amide bonds. The minimum Gasteiger partial charge on any atom is -0.389 e. The van der Waals surface area contributed by atoms with Crippen molar-refractivity contribution in [2.75, 3.05) is 11.0 Å². The van der Waals surface area contributed by atoms with Crippen molar-refractivity contribution >= 4 is 21.2 Å². The van der Waals surface area contributed by atoms with Crippen molar-refractivity contribution in [2.45, 2.75) is 26.0 Å². The van der Waals surface area contributed by atoms with Crippen LogP contribution in [0.1, 0.15) is 13.8 Å². The maximum Gasteiger partial charge on any atom is 0.229 e. The molecule has 0 bridgehead atoms. The average molecular weight is 539 g/mol. The summed E-state index contributed by atoms with van der Waals surface area (Å²) in [5, 5.41) is 18.8. The number of pyridine rings is 2. The first-order chi connectivity index (χ1) is 17.8. The summed E-state index contributed by atoms with van der Waals surface area (Å²) in [5.41, 5.74) is 3.06. The number of nitrogens with zero attached hydrogens (tertiary/aromatic N) is 5. The van der Waals surface area contributed by atoms with E-state index in [-0.39, 0.29) is 16.9 Å². The minimum atomic E-state index is -3.64. The van der Waals surface area contributed by atoms with E-state index in [9.17, 15) is 22.3 Å². The highest BCUT2D eigenvalue weighted by Crippen LogP contribution is 2.34. The molecule has 0 atom stereocenters. The molecule has 4 heterocycles. The number of halogens is 2. The van der Waals surface area contributed by atoms with Gasteiger partial charge in [-0.05, 0) is 43.7 Å². The Hall–Kier alpha value is -4.16. The summed E-state index contributed by atoms with van der Waals surface area (Å²) in [5.74, 6) is -1.69. The van der Waals surface area contributed by atoms with Gasteiger partial charge in [-0.2, -0.15) is 10.2 Å². The number of rotatable bonds is 7. The molecular formula is C26H24F2N6O3S. The average Bonchev–Trinajstić information content (AvgIpc) is 3.43. The fourth-order valence-corrected chi connectivity index (χ4v) is 4.74. The fraction of sp³-hybridized carbons (Fsp3) is 0.192. The fourth-order valence-electron chi connectivity index (χ4n) is 4.19. The van der Waals surface area contributed by atoms with E-state index in [1.165, 1.54) is 6.07 Å². The molecule has 9 nitrogen and oxygen atoms in total. The van der Waals surface area contributed by atoms with Gasteiger partial charge in [-0.1, -0.05) is 6.07 Å². The van der Waals surface area contributed by atoms with Crippen LogP contribution in [0.4, 0.5) is 14.5 Å². The van der Waals surface area contributed by atoms with Crippen LogP contribution >= 0.6 is 0 Å². The van der Waals surface area contributed by atoms with Gasteiger partial charge in [0.1, 0.15) is 11.5 Å². The number of aliphatic hydroxyl groups is 1. The molecule has 4 aromatic heterocycles. The monoisotopic (exact) mass is 538 g/mol. The first-order valence-corrected chi connectivity index (χ1v) is 13.4. The highest BCUT2D eigenvalue weighted by atomic mass is 32.2. The maximum absolute atomic E-state index is 14.6. The third kappa shape index (κ3) is 5.55. The lowest BCUT2D eigenvalue weighted by molar-refractivity contribution is 0.0577. The Balaban J connectivity index is 1.57. The normalized spacial score (nSPS) is 12.3. The van der Waals surface area contributed by atoms with Crippen LogP contribution in [0.25, 0.3) is 39.0 Å². The molecular weight excluding hydrogens is 514 g/mol. The van der Waals surface area contributed by atoms with E-state index in [1.54, 1.807) is 47.6 Å². The van der Waals surface area contributed by atoms with E-state index in [0.29, 0.717) is 23.2 Å². The van der Waals surface area contributed by atoms with Gasteiger partial charge in [-0.3, -0.25) is 14.4 Å². The first kappa shape index (κ1) is 25.5. The van der Waals surface area contributed by atoms with Crippen LogP contribution in [-0.4, -0.2) is 49.8 Å². The second-order valence-corrected chi connectivity index (χ2v) is 11.5. The number of hydrogen-bond donors (Lipinski definition) is 2. The zero-order valence-corrected chi connectivity index (χ0v) is 21.5. The molecule has 12 heteroatoms. The van der Waals surface area contributed by atoms with Gasteiger partial charge >= 0.3 is 0 Å². The lowest BCUT2D eigenvalue weighted by Gasteiger charge is -2.16. The number of benzene rings is 1. The third-order valence-corrected chi connectivity index (χ3v) is 6.27. The molecule has 0 aliphatic carbocycles. The van der Waals surface area contributed by atoms with E-state index in [1.807, 2.05) is 24.5 Å². The van der Waals surface area contributed by atoms with E-state index in [4.69, 9.17) is 0 Å². The maximum atomic E-state index is 14.6. The van der Waals surface area contributed by atoms with Crippen molar-refractivity contribution < 1.29 is 22.3 Å². The van der Waals surface area contributed by atoms with Crippen LogP contribution in [0.5, 0.6) is 0 Å². The van der Waals surface area contributed by atoms with Gasteiger partial charge in [0.05, 0.1) is 42.5 Å². The zero-order valence-electron chi connectivity index (χ0n) is 20.7. The van der Waals surface area contributed by atoms with Gasteiger partial charge in [0.2, 0.25) is 10.0 Å². The minimum absolute atomic E-state index is 0.119. The SMILES string of the molecule is CC(C)(O)Cn1cc(-c2ccc3c(-c4cc(NS(C)(=O)=O)cc(-c5ncc(F)cc5F)c4)cnn3c2)cn1. The predicted octanol–water partition coefficient (Wildman–Crippen LogP) is 4.35. The van der Waals surface area contributed by atoms with Crippen LogP contribution in [-0.2, 0) is 16.6 Å². The Bertz CT molecular complexity index is 1770. The summed E-state index contributed by atoms with van der Waals surface area (Å²) in [4.78, 5) is 3.87. The molecule has 5 rings (SSSR count). The van der Waals surface area contributed by atoms with Crippen molar-refractivity contribution in [1.82, 2.24) is 24.4 Å². The number of anilines is 1. The molecule has 0 aliphatic rings.